The van der Waals surface area contributed by atoms with E-state index < -0.39 is 0 Å². The molecular weight excluding hydrogens is 352 g/mol. The number of halogens is 1. The fourth-order valence-corrected chi connectivity index (χ4v) is 3.96. The quantitative estimate of drug-likeness (QED) is 0.667. The number of benzene rings is 2. The molecule has 0 aliphatic carbocycles. The highest BCUT2D eigenvalue weighted by atomic mass is 35.5. The molecule has 7 heteroatoms. The number of carbonyl (C=O) groups excluding carboxylic acids is 1. The molecule has 0 atom stereocenters. The molecule has 2 aromatic carbocycles. The van der Waals surface area contributed by atoms with Crippen LogP contribution in [0.5, 0.6) is 5.75 Å². The van der Waals surface area contributed by atoms with E-state index in [2.05, 4.69) is 10.3 Å². The molecule has 0 spiro atoms. The Morgan fingerprint density at radius 2 is 2.09 bits per heavy atom. The Balaban J connectivity index is 1.58. The van der Waals surface area contributed by atoms with Gasteiger partial charge in [0.15, 0.2) is 4.34 Å². The van der Waals surface area contributed by atoms with Gasteiger partial charge in [0.2, 0.25) is 5.91 Å². The largest absolute Gasteiger partial charge is 0.497 e. The Hall–Kier alpha value is -1.76. The summed E-state index contributed by atoms with van der Waals surface area (Å²) < 4.78 is 7.00. The van der Waals surface area contributed by atoms with E-state index in [9.17, 15) is 4.79 Å². The molecule has 0 aliphatic heterocycles. The number of anilines is 1. The van der Waals surface area contributed by atoms with Crippen molar-refractivity contribution in [1.29, 1.82) is 0 Å². The predicted molar refractivity (Wildman–Crippen MR) is 97.0 cm³/mol. The van der Waals surface area contributed by atoms with Crippen molar-refractivity contribution in [2.45, 2.75) is 4.34 Å². The van der Waals surface area contributed by atoms with Crippen LogP contribution in [0.2, 0.25) is 5.02 Å². The molecule has 3 rings (SSSR count). The van der Waals surface area contributed by atoms with Gasteiger partial charge >= 0.3 is 0 Å². The van der Waals surface area contributed by atoms with Gasteiger partial charge in [-0.1, -0.05) is 23.4 Å². The summed E-state index contributed by atoms with van der Waals surface area (Å²) in [6.45, 7) is 0. The lowest BCUT2D eigenvalue weighted by Crippen LogP contribution is -2.13. The second kappa shape index (κ2) is 7.21. The Bertz CT molecular complexity index is 834. The lowest BCUT2D eigenvalue weighted by atomic mass is 10.3. The number of fused-ring (bicyclic) bond motifs is 1. The van der Waals surface area contributed by atoms with Crippen molar-refractivity contribution in [1.82, 2.24) is 4.98 Å². The highest BCUT2D eigenvalue weighted by Crippen LogP contribution is 2.31. The number of thioether (sulfide) groups is 1. The molecule has 1 heterocycles. The summed E-state index contributed by atoms with van der Waals surface area (Å²) in [5, 5.41) is 3.51. The molecule has 0 aliphatic rings. The van der Waals surface area contributed by atoms with Crippen LogP contribution in [0.4, 0.5) is 5.69 Å². The number of methoxy groups -OCH3 is 1. The third kappa shape index (κ3) is 4.16. The molecule has 4 nitrogen and oxygen atoms in total. The van der Waals surface area contributed by atoms with E-state index in [1.807, 2.05) is 18.2 Å². The number of carbonyl (C=O) groups is 1. The standard InChI is InChI=1S/C16H13ClN2O2S2/c1-21-12-5-3-11(4-6-12)18-15(20)9-22-16-19-13-8-10(17)2-7-14(13)23-16/h2-8H,9H2,1H3,(H,18,20). The van der Waals surface area contributed by atoms with Crippen LogP contribution in [-0.2, 0) is 4.79 Å². The SMILES string of the molecule is COc1ccc(NC(=O)CSc2nc3cc(Cl)ccc3s2)cc1. The van der Waals surface area contributed by atoms with Crippen molar-refractivity contribution < 1.29 is 9.53 Å². The lowest BCUT2D eigenvalue weighted by Gasteiger charge is -2.05. The molecule has 0 radical (unpaired) electrons. The van der Waals surface area contributed by atoms with Gasteiger partial charge in [0.05, 0.1) is 23.1 Å². The zero-order chi connectivity index (χ0) is 16.2. The van der Waals surface area contributed by atoms with E-state index >= 15 is 0 Å². The van der Waals surface area contributed by atoms with Crippen LogP contribution in [0.1, 0.15) is 0 Å². The number of amides is 1. The van der Waals surface area contributed by atoms with Crippen LogP contribution >= 0.6 is 34.7 Å². The number of thiazole rings is 1. The van der Waals surface area contributed by atoms with Crippen molar-refractivity contribution in [3.8, 4) is 5.75 Å². The molecule has 0 bridgehead atoms. The van der Waals surface area contributed by atoms with Gasteiger partial charge in [-0.2, -0.15) is 0 Å². The molecule has 0 fully saturated rings. The Labute approximate surface area is 146 Å². The third-order valence-electron chi connectivity index (χ3n) is 3.03. The normalized spacial score (nSPS) is 10.7. The molecule has 0 unspecified atom stereocenters. The lowest BCUT2D eigenvalue weighted by molar-refractivity contribution is -0.113. The number of aromatic nitrogens is 1. The van der Waals surface area contributed by atoms with Crippen LogP contribution in [-0.4, -0.2) is 23.8 Å². The van der Waals surface area contributed by atoms with Gasteiger partial charge in [-0.25, -0.2) is 4.98 Å². The fourth-order valence-electron chi connectivity index (χ4n) is 1.94. The number of nitrogens with one attached hydrogen (secondary N) is 1. The molecule has 1 N–H and O–H groups in total. The second-order valence-corrected chi connectivity index (χ2v) is 7.35. The predicted octanol–water partition coefficient (Wildman–Crippen LogP) is 4.69. The maximum absolute atomic E-state index is 12.0. The minimum Gasteiger partial charge on any atom is -0.497 e. The first-order valence-corrected chi connectivity index (χ1v) is 8.95. The number of hydrogen-bond donors (Lipinski definition) is 1. The van der Waals surface area contributed by atoms with Gasteiger partial charge in [-0.15, -0.1) is 11.3 Å². The summed E-state index contributed by atoms with van der Waals surface area (Å²) in [4.78, 5) is 16.5. The van der Waals surface area contributed by atoms with Crippen LogP contribution in [0.25, 0.3) is 10.2 Å². The van der Waals surface area contributed by atoms with Crippen molar-refractivity contribution in [2.75, 3.05) is 18.2 Å². The fraction of sp³-hybridized carbons (Fsp3) is 0.125. The maximum atomic E-state index is 12.0. The minimum absolute atomic E-state index is 0.0718. The van der Waals surface area contributed by atoms with Crippen molar-refractivity contribution in [3.05, 3.63) is 47.5 Å². The number of nitrogens with zero attached hydrogens (tertiary/aromatic N) is 1. The van der Waals surface area contributed by atoms with Gasteiger partial charge in [0.1, 0.15) is 5.75 Å². The molecule has 3 aromatic rings. The monoisotopic (exact) mass is 364 g/mol. The summed E-state index contributed by atoms with van der Waals surface area (Å²) in [6, 6.07) is 12.8. The van der Waals surface area contributed by atoms with Gasteiger partial charge in [0.25, 0.3) is 0 Å². The van der Waals surface area contributed by atoms with Gasteiger partial charge in [-0.3, -0.25) is 4.79 Å². The van der Waals surface area contributed by atoms with Crippen molar-refractivity contribution in [3.63, 3.8) is 0 Å². The summed E-state index contributed by atoms with van der Waals surface area (Å²) in [6.07, 6.45) is 0. The average molecular weight is 365 g/mol. The summed E-state index contributed by atoms with van der Waals surface area (Å²) in [5.41, 5.74) is 1.60. The molecule has 1 amide bonds. The molecule has 0 saturated heterocycles. The number of ether oxygens (including phenoxy) is 1. The van der Waals surface area contributed by atoms with Crippen LogP contribution in [0.3, 0.4) is 0 Å². The van der Waals surface area contributed by atoms with E-state index in [-0.39, 0.29) is 5.91 Å². The zero-order valence-corrected chi connectivity index (χ0v) is 14.6. The molecule has 118 valence electrons. The zero-order valence-electron chi connectivity index (χ0n) is 12.2. The Kier molecular flexibility index (Phi) is 5.05. The highest BCUT2D eigenvalue weighted by molar-refractivity contribution is 8.01. The summed E-state index contributed by atoms with van der Waals surface area (Å²) in [7, 11) is 1.61. The van der Waals surface area contributed by atoms with Gasteiger partial charge in [0, 0.05) is 10.7 Å². The topological polar surface area (TPSA) is 51.2 Å². The molecule has 23 heavy (non-hydrogen) atoms. The number of rotatable bonds is 5. The highest BCUT2D eigenvalue weighted by Gasteiger charge is 2.08. The van der Waals surface area contributed by atoms with E-state index in [1.165, 1.54) is 11.8 Å². The second-order valence-electron chi connectivity index (χ2n) is 4.66. The Morgan fingerprint density at radius 1 is 1.30 bits per heavy atom. The van der Waals surface area contributed by atoms with Crippen LogP contribution < -0.4 is 10.1 Å². The van der Waals surface area contributed by atoms with Crippen molar-refractivity contribution in [2.24, 2.45) is 0 Å². The first kappa shape index (κ1) is 16.1. The van der Waals surface area contributed by atoms with E-state index in [0.717, 1.165) is 26.0 Å². The first-order chi connectivity index (χ1) is 11.1. The molecule has 0 saturated carbocycles. The van der Waals surface area contributed by atoms with Gasteiger partial charge in [-0.05, 0) is 42.5 Å². The smallest absolute Gasteiger partial charge is 0.234 e. The van der Waals surface area contributed by atoms with E-state index in [4.69, 9.17) is 16.3 Å². The van der Waals surface area contributed by atoms with E-state index in [1.54, 1.807) is 42.7 Å². The Morgan fingerprint density at radius 3 is 2.83 bits per heavy atom. The first-order valence-electron chi connectivity index (χ1n) is 6.77. The average Bonchev–Trinajstić information content (AvgIpc) is 2.95. The van der Waals surface area contributed by atoms with Crippen molar-refractivity contribution >= 4 is 56.5 Å². The summed E-state index contributed by atoms with van der Waals surface area (Å²) in [5.74, 6) is 0.988. The molecular formula is C16H13ClN2O2S2. The van der Waals surface area contributed by atoms with Crippen LogP contribution in [0, 0.1) is 0 Å². The minimum atomic E-state index is -0.0718. The maximum Gasteiger partial charge on any atom is 0.234 e. The van der Waals surface area contributed by atoms with Gasteiger partial charge < -0.3 is 10.1 Å². The third-order valence-corrected chi connectivity index (χ3v) is 5.44. The number of hydrogen-bond acceptors (Lipinski definition) is 5. The van der Waals surface area contributed by atoms with Crippen LogP contribution in [0.15, 0.2) is 46.8 Å². The summed E-state index contributed by atoms with van der Waals surface area (Å²) >= 11 is 8.92. The molecule has 1 aromatic heterocycles. The van der Waals surface area contributed by atoms with E-state index in [0.29, 0.717) is 10.8 Å².